The molecule has 0 spiro atoms. The van der Waals surface area contributed by atoms with E-state index in [-0.39, 0.29) is 6.03 Å². The van der Waals surface area contributed by atoms with Crippen LogP contribution in [-0.4, -0.2) is 12.6 Å². The number of rotatable bonds is 4. The molecule has 0 saturated carbocycles. The molecule has 0 atom stereocenters. The summed E-state index contributed by atoms with van der Waals surface area (Å²) in [4.78, 5) is 11.9. The maximum atomic E-state index is 11.9. The molecular formula is C15H17N3O2. The van der Waals surface area contributed by atoms with E-state index in [0.29, 0.717) is 29.4 Å². The van der Waals surface area contributed by atoms with Crippen molar-refractivity contribution in [3.05, 3.63) is 48.5 Å². The molecule has 0 aliphatic carbocycles. The number of nitrogens with two attached hydrogens (primary N) is 1. The lowest BCUT2D eigenvalue weighted by molar-refractivity contribution is 0.262. The van der Waals surface area contributed by atoms with Crippen LogP contribution in [0.3, 0.4) is 0 Å². The van der Waals surface area contributed by atoms with Gasteiger partial charge in [-0.3, -0.25) is 0 Å². The summed E-state index contributed by atoms with van der Waals surface area (Å²) < 4.78 is 5.44. The number of hydrogen-bond donors (Lipinski definition) is 3. The van der Waals surface area contributed by atoms with Crippen molar-refractivity contribution in [1.82, 2.24) is 0 Å². The van der Waals surface area contributed by atoms with Crippen LogP contribution in [0.2, 0.25) is 0 Å². The molecule has 2 amide bonds. The quantitative estimate of drug-likeness (QED) is 0.747. The Morgan fingerprint density at radius 1 is 1.15 bits per heavy atom. The number of benzene rings is 2. The number of ether oxygens (including phenoxy) is 1. The zero-order valence-electron chi connectivity index (χ0n) is 11.2. The Morgan fingerprint density at radius 3 is 2.70 bits per heavy atom. The molecule has 20 heavy (non-hydrogen) atoms. The average Bonchev–Trinajstić information content (AvgIpc) is 2.41. The molecule has 2 rings (SSSR count). The fourth-order valence-corrected chi connectivity index (χ4v) is 1.75. The summed E-state index contributed by atoms with van der Waals surface area (Å²) >= 11 is 0. The van der Waals surface area contributed by atoms with Crippen LogP contribution in [0.1, 0.15) is 6.92 Å². The first-order chi connectivity index (χ1) is 9.69. The monoisotopic (exact) mass is 271 g/mol. The average molecular weight is 271 g/mol. The predicted molar refractivity (Wildman–Crippen MR) is 81.1 cm³/mol. The van der Waals surface area contributed by atoms with Gasteiger partial charge in [0.25, 0.3) is 0 Å². The van der Waals surface area contributed by atoms with Crippen LogP contribution in [0.5, 0.6) is 5.75 Å². The van der Waals surface area contributed by atoms with E-state index in [4.69, 9.17) is 10.5 Å². The Labute approximate surface area is 117 Å². The standard InChI is InChI=1S/C15H17N3O2/c1-2-20-14-9-4-3-8-13(14)18-15(19)17-12-7-5-6-11(16)10-12/h3-10H,2,16H2,1H3,(H2,17,18,19). The van der Waals surface area contributed by atoms with Gasteiger partial charge >= 0.3 is 6.03 Å². The highest BCUT2D eigenvalue weighted by Crippen LogP contribution is 2.23. The molecule has 0 aliphatic rings. The van der Waals surface area contributed by atoms with E-state index in [1.807, 2.05) is 19.1 Å². The number of hydrogen-bond acceptors (Lipinski definition) is 3. The summed E-state index contributed by atoms with van der Waals surface area (Å²) in [5.41, 5.74) is 7.51. The second kappa shape index (κ2) is 6.47. The molecule has 104 valence electrons. The minimum absolute atomic E-state index is 0.345. The predicted octanol–water partition coefficient (Wildman–Crippen LogP) is 3.31. The smallest absolute Gasteiger partial charge is 0.323 e. The summed E-state index contributed by atoms with van der Waals surface area (Å²) in [7, 11) is 0. The molecular weight excluding hydrogens is 254 g/mol. The zero-order valence-corrected chi connectivity index (χ0v) is 11.2. The van der Waals surface area contributed by atoms with Crippen LogP contribution in [0, 0.1) is 0 Å². The lowest BCUT2D eigenvalue weighted by Gasteiger charge is -2.12. The minimum Gasteiger partial charge on any atom is -0.492 e. The van der Waals surface area contributed by atoms with Gasteiger partial charge in [0.1, 0.15) is 5.75 Å². The lowest BCUT2D eigenvalue weighted by atomic mass is 10.3. The fourth-order valence-electron chi connectivity index (χ4n) is 1.75. The number of para-hydroxylation sites is 2. The maximum Gasteiger partial charge on any atom is 0.323 e. The van der Waals surface area contributed by atoms with Crippen molar-refractivity contribution in [3.63, 3.8) is 0 Å². The molecule has 2 aromatic rings. The van der Waals surface area contributed by atoms with Gasteiger partial charge < -0.3 is 21.1 Å². The first-order valence-corrected chi connectivity index (χ1v) is 6.34. The third-order valence-corrected chi connectivity index (χ3v) is 2.58. The summed E-state index contributed by atoms with van der Waals surface area (Å²) in [6, 6.07) is 13.9. The van der Waals surface area contributed by atoms with Crippen molar-refractivity contribution in [1.29, 1.82) is 0 Å². The number of nitrogen functional groups attached to an aromatic ring is 1. The van der Waals surface area contributed by atoms with Crippen LogP contribution in [0.4, 0.5) is 21.9 Å². The summed E-state index contributed by atoms with van der Waals surface area (Å²) in [5, 5.41) is 5.46. The molecule has 2 aromatic carbocycles. The summed E-state index contributed by atoms with van der Waals surface area (Å²) in [5.74, 6) is 0.637. The third-order valence-electron chi connectivity index (χ3n) is 2.58. The fraction of sp³-hybridized carbons (Fsp3) is 0.133. The molecule has 0 bridgehead atoms. The van der Waals surface area contributed by atoms with Crippen LogP contribution in [0.15, 0.2) is 48.5 Å². The first kappa shape index (κ1) is 13.7. The van der Waals surface area contributed by atoms with Gasteiger partial charge in [0.05, 0.1) is 12.3 Å². The molecule has 5 nitrogen and oxygen atoms in total. The van der Waals surface area contributed by atoms with Crippen molar-refractivity contribution in [2.45, 2.75) is 6.92 Å². The van der Waals surface area contributed by atoms with Gasteiger partial charge in [0.2, 0.25) is 0 Å². The van der Waals surface area contributed by atoms with Crippen molar-refractivity contribution >= 4 is 23.1 Å². The molecule has 0 saturated heterocycles. The number of urea groups is 1. The van der Waals surface area contributed by atoms with E-state index < -0.39 is 0 Å². The third kappa shape index (κ3) is 3.65. The highest BCUT2D eigenvalue weighted by molar-refractivity contribution is 6.00. The normalized spacial score (nSPS) is 9.85. The van der Waals surface area contributed by atoms with E-state index in [1.165, 1.54) is 0 Å². The molecule has 0 radical (unpaired) electrons. The van der Waals surface area contributed by atoms with E-state index >= 15 is 0 Å². The van der Waals surface area contributed by atoms with E-state index in [0.717, 1.165) is 0 Å². The van der Waals surface area contributed by atoms with Gasteiger partial charge in [0.15, 0.2) is 0 Å². The van der Waals surface area contributed by atoms with Crippen LogP contribution >= 0.6 is 0 Å². The van der Waals surface area contributed by atoms with Crippen LogP contribution < -0.4 is 21.1 Å². The van der Waals surface area contributed by atoms with Crippen molar-refractivity contribution in [2.24, 2.45) is 0 Å². The topological polar surface area (TPSA) is 76.4 Å². The molecule has 0 aromatic heterocycles. The molecule has 0 heterocycles. The SMILES string of the molecule is CCOc1ccccc1NC(=O)Nc1cccc(N)c1. The Balaban J connectivity index is 2.05. The van der Waals surface area contributed by atoms with E-state index in [1.54, 1.807) is 36.4 Å². The molecule has 0 unspecified atom stereocenters. The van der Waals surface area contributed by atoms with Crippen molar-refractivity contribution < 1.29 is 9.53 Å². The lowest BCUT2D eigenvalue weighted by Crippen LogP contribution is -2.20. The molecule has 0 aliphatic heterocycles. The summed E-state index contributed by atoms with van der Waals surface area (Å²) in [6.07, 6.45) is 0. The maximum absolute atomic E-state index is 11.9. The zero-order chi connectivity index (χ0) is 14.4. The van der Waals surface area contributed by atoms with Gasteiger partial charge in [-0.25, -0.2) is 4.79 Å². The Bertz CT molecular complexity index is 599. The van der Waals surface area contributed by atoms with Gasteiger partial charge in [0, 0.05) is 11.4 Å². The number of anilines is 3. The number of nitrogens with one attached hydrogen (secondary N) is 2. The largest absolute Gasteiger partial charge is 0.492 e. The van der Waals surface area contributed by atoms with E-state index in [2.05, 4.69) is 10.6 Å². The van der Waals surface area contributed by atoms with Gasteiger partial charge in [-0.1, -0.05) is 18.2 Å². The second-order valence-electron chi connectivity index (χ2n) is 4.13. The van der Waals surface area contributed by atoms with Gasteiger partial charge in [-0.15, -0.1) is 0 Å². The van der Waals surface area contributed by atoms with Gasteiger partial charge in [-0.2, -0.15) is 0 Å². The van der Waals surface area contributed by atoms with Crippen LogP contribution in [-0.2, 0) is 0 Å². The second-order valence-corrected chi connectivity index (χ2v) is 4.13. The first-order valence-electron chi connectivity index (χ1n) is 6.34. The molecule has 0 fully saturated rings. The number of amides is 2. The Morgan fingerprint density at radius 2 is 1.95 bits per heavy atom. The van der Waals surface area contributed by atoms with E-state index in [9.17, 15) is 4.79 Å². The summed E-state index contributed by atoms with van der Waals surface area (Å²) in [6.45, 7) is 2.43. The highest BCUT2D eigenvalue weighted by Gasteiger charge is 2.07. The molecule has 5 heteroatoms. The number of carbonyl (C=O) groups excluding carboxylic acids is 1. The highest BCUT2D eigenvalue weighted by atomic mass is 16.5. The van der Waals surface area contributed by atoms with Crippen molar-refractivity contribution in [3.8, 4) is 5.75 Å². The van der Waals surface area contributed by atoms with Crippen molar-refractivity contribution in [2.75, 3.05) is 23.0 Å². The Kier molecular flexibility index (Phi) is 4.44. The minimum atomic E-state index is -0.345. The van der Waals surface area contributed by atoms with Gasteiger partial charge in [-0.05, 0) is 37.3 Å². The number of carbonyl (C=O) groups is 1. The van der Waals surface area contributed by atoms with Crippen LogP contribution in [0.25, 0.3) is 0 Å². The molecule has 4 N–H and O–H groups in total. The Hall–Kier alpha value is -2.69.